The average Bonchev–Trinajstić information content (AvgIpc) is 2.71. The molecule has 30 heavy (non-hydrogen) atoms. The summed E-state index contributed by atoms with van der Waals surface area (Å²) in [5.41, 5.74) is 2.67. The second-order valence-electron chi connectivity index (χ2n) is 6.52. The fourth-order valence-corrected chi connectivity index (χ4v) is 2.68. The molecular formula is C21H27F3IN3O2. The van der Waals surface area contributed by atoms with Gasteiger partial charge in [-0.2, -0.15) is 13.2 Å². The number of rotatable bonds is 9. The number of halogens is 4. The number of alkyl halides is 3. The molecule has 0 amide bonds. The van der Waals surface area contributed by atoms with E-state index in [1.165, 1.54) is 0 Å². The molecule has 1 unspecified atom stereocenters. The number of nitrogens with one attached hydrogen (secondary N) is 2. The van der Waals surface area contributed by atoms with Crippen LogP contribution in [0.3, 0.4) is 0 Å². The Hall–Kier alpha value is -1.85. The predicted octanol–water partition coefficient (Wildman–Crippen LogP) is 3.82. The first kappa shape index (κ1) is 26.2. The molecule has 0 aromatic heterocycles. The third kappa shape index (κ3) is 9.77. The van der Waals surface area contributed by atoms with Crippen LogP contribution in [-0.4, -0.2) is 44.0 Å². The van der Waals surface area contributed by atoms with Crippen LogP contribution in [0, 0.1) is 0 Å². The minimum absolute atomic E-state index is 0. The van der Waals surface area contributed by atoms with Gasteiger partial charge < -0.3 is 20.5 Å². The fraction of sp³-hybridized carbons (Fsp3) is 0.381. The zero-order valence-corrected chi connectivity index (χ0v) is 19.0. The molecule has 0 aliphatic heterocycles. The number of aliphatic imine (C=N–C) groups is 1. The van der Waals surface area contributed by atoms with Crippen molar-refractivity contribution in [2.24, 2.45) is 4.99 Å². The Morgan fingerprint density at radius 2 is 1.67 bits per heavy atom. The summed E-state index contributed by atoms with van der Waals surface area (Å²) < 4.78 is 40.9. The van der Waals surface area contributed by atoms with Gasteiger partial charge in [-0.1, -0.05) is 54.6 Å². The van der Waals surface area contributed by atoms with Gasteiger partial charge in [0.15, 0.2) is 5.96 Å². The second-order valence-corrected chi connectivity index (χ2v) is 6.52. The third-order valence-electron chi connectivity index (χ3n) is 4.25. The smallest absolute Gasteiger partial charge is 0.396 e. The maximum atomic E-state index is 12.1. The van der Waals surface area contributed by atoms with Crippen LogP contribution in [0.25, 0.3) is 0 Å². The first-order valence-electron chi connectivity index (χ1n) is 9.24. The monoisotopic (exact) mass is 537 g/mol. The Kier molecular flexibility index (Phi) is 11.7. The van der Waals surface area contributed by atoms with Crippen LogP contribution >= 0.6 is 24.0 Å². The van der Waals surface area contributed by atoms with Crippen LogP contribution < -0.4 is 10.6 Å². The second kappa shape index (κ2) is 13.5. The van der Waals surface area contributed by atoms with E-state index in [1.54, 1.807) is 19.2 Å². The molecule has 0 radical (unpaired) electrons. The molecule has 0 aliphatic rings. The first-order chi connectivity index (χ1) is 13.9. The minimum Gasteiger partial charge on any atom is -0.396 e. The van der Waals surface area contributed by atoms with Gasteiger partial charge in [0.2, 0.25) is 0 Å². The number of hydrogen-bond acceptors (Lipinski definition) is 3. The van der Waals surface area contributed by atoms with Gasteiger partial charge in [-0.3, -0.25) is 4.99 Å². The number of ether oxygens (including phenoxy) is 1. The summed E-state index contributed by atoms with van der Waals surface area (Å²) in [5, 5.41) is 16.0. The largest absolute Gasteiger partial charge is 0.411 e. The van der Waals surface area contributed by atoms with E-state index in [4.69, 9.17) is 0 Å². The first-order valence-corrected chi connectivity index (χ1v) is 9.24. The van der Waals surface area contributed by atoms with Crippen molar-refractivity contribution >= 4 is 29.9 Å². The predicted molar refractivity (Wildman–Crippen MR) is 122 cm³/mol. The number of aliphatic hydroxyl groups is 1. The highest BCUT2D eigenvalue weighted by Crippen LogP contribution is 2.16. The fourth-order valence-electron chi connectivity index (χ4n) is 2.68. The SMILES string of the molecule is CN=C(NCc1ccc(COCC(F)(F)F)cc1)NCC(CO)c1ccccc1.I. The molecule has 0 aliphatic carbocycles. The molecule has 5 nitrogen and oxygen atoms in total. The molecule has 0 heterocycles. The minimum atomic E-state index is -4.32. The molecule has 0 saturated carbocycles. The number of benzene rings is 2. The van der Waals surface area contributed by atoms with Gasteiger partial charge >= 0.3 is 6.18 Å². The quantitative estimate of drug-likeness (QED) is 0.259. The zero-order chi connectivity index (χ0) is 21.1. The highest BCUT2D eigenvalue weighted by molar-refractivity contribution is 14.0. The summed E-state index contributed by atoms with van der Waals surface area (Å²) >= 11 is 0. The van der Waals surface area contributed by atoms with Gasteiger partial charge in [0.05, 0.1) is 13.2 Å². The Labute approximate surface area is 191 Å². The van der Waals surface area contributed by atoms with Crippen molar-refractivity contribution in [1.82, 2.24) is 10.6 Å². The maximum Gasteiger partial charge on any atom is 0.411 e. The van der Waals surface area contributed by atoms with E-state index >= 15 is 0 Å². The number of hydrogen-bond donors (Lipinski definition) is 3. The van der Waals surface area contributed by atoms with Crippen molar-refractivity contribution in [1.29, 1.82) is 0 Å². The van der Waals surface area contributed by atoms with Crippen LogP contribution in [-0.2, 0) is 17.9 Å². The van der Waals surface area contributed by atoms with Crippen molar-refractivity contribution < 1.29 is 23.0 Å². The van der Waals surface area contributed by atoms with E-state index < -0.39 is 12.8 Å². The summed E-state index contributed by atoms with van der Waals surface area (Å²) in [6, 6.07) is 16.9. The molecule has 9 heteroatoms. The molecule has 0 bridgehead atoms. The van der Waals surface area contributed by atoms with Gasteiger partial charge in [-0.05, 0) is 16.7 Å². The summed E-state index contributed by atoms with van der Waals surface area (Å²) in [6.07, 6.45) is -4.32. The van der Waals surface area contributed by atoms with E-state index in [9.17, 15) is 18.3 Å². The number of nitrogens with zero attached hydrogens (tertiary/aromatic N) is 1. The molecule has 2 aromatic carbocycles. The third-order valence-corrected chi connectivity index (χ3v) is 4.25. The molecular weight excluding hydrogens is 510 g/mol. The lowest BCUT2D eigenvalue weighted by Crippen LogP contribution is -2.39. The molecule has 2 rings (SSSR count). The Morgan fingerprint density at radius 1 is 1.03 bits per heavy atom. The van der Waals surface area contributed by atoms with Crippen molar-refractivity contribution in [2.45, 2.75) is 25.2 Å². The highest BCUT2D eigenvalue weighted by atomic mass is 127. The van der Waals surface area contributed by atoms with E-state index in [-0.39, 0.29) is 43.1 Å². The molecule has 166 valence electrons. The molecule has 3 N–H and O–H groups in total. The van der Waals surface area contributed by atoms with Crippen molar-refractivity contribution in [3.63, 3.8) is 0 Å². The summed E-state index contributed by atoms with van der Waals surface area (Å²) in [5.74, 6) is 0.544. The Bertz CT molecular complexity index is 756. The maximum absolute atomic E-state index is 12.1. The lowest BCUT2D eigenvalue weighted by atomic mass is 10.0. The van der Waals surface area contributed by atoms with E-state index in [2.05, 4.69) is 20.4 Å². The average molecular weight is 537 g/mol. The van der Waals surface area contributed by atoms with Crippen LogP contribution in [0.1, 0.15) is 22.6 Å². The summed E-state index contributed by atoms with van der Waals surface area (Å²) in [7, 11) is 1.66. The molecule has 0 spiro atoms. The van der Waals surface area contributed by atoms with Gasteiger partial charge in [-0.25, -0.2) is 0 Å². The van der Waals surface area contributed by atoms with Crippen LogP contribution in [0.15, 0.2) is 59.6 Å². The van der Waals surface area contributed by atoms with Gasteiger partial charge in [0.25, 0.3) is 0 Å². The molecule has 0 saturated heterocycles. The molecule has 2 aromatic rings. The van der Waals surface area contributed by atoms with Crippen molar-refractivity contribution in [3.8, 4) is 0 Å². The summed E-state index contributed by atoms with van der Waals surface area (Å²) in [6.45, 7) is -0.297. The van der Waals surface area contributed by atoms with Gasteiger partial charge in [-0.15, -0.1) is 24.0 Å². The van der Waals surface area contributed by atoms with Crippen molar-refractivity contribution in [3.05, 3.63) is 71.3 Å². The zero-order valence-electron chi connectivity index (χ0n) is 16.7. The van der Waals surface area contributed by atoms with E-state index in [0.717, 1.165) is 11.1 Å². The number of guanidine groups is 1. The highest BCUT2D eigenvalue weighted by Gasteiger charge is 2.27. The van der Waals surface area contributed by atoms with Crippen molar-refractivity contribution in [2.75, 3.05) is 26.8 Å². The van der Waals surface area contributed by atoms with Crippen LogP contribution in [0.5, 0.6) is 0 Å². The lowest BCUT2D eigenvalue weighted by molar-refractivity contribution is -0.176. The summed E-state index contributed by atoms with van der Waals surface area (Å²) in [4.78, 5) is 4.17. The normalized spacial score (nSPS) is 12.8. The Balaban J connectivity index is 0.00000450. The van der Waals surface area contributed by atoms with Crippen LogP contribution in [0.2, 0.25) is 0 Å². The van der Waals surface area contributed by atoms with E-state index in [0.29, 0.717) is 24.6 Å². The van der Waals surface area contributed by atoms with Gasteiger partial charge in [0.1, 0.15) is 6.61 Å². The number of aliphatic hydroxyl groups excluding tert-OH is 1. The topological polar surface area (TPSA) is 65.9 Å². The molecule has 1 atom stereocenters. The van der Waals surface area contributed by atoms with E-state index in [1.807, 2.05) is 42.5 Å². The Morgan fingerprint density at radius 3 is 2.23 bits per heavy atom. The lowest BCUT2D eigenvalue weighted by Gasteiger charge is -2.18. The van der Waals surface area contributed by atoms with Gasteiger partial charge in [0, 0.05) is 26.1 Å². The van der Waals surface area contributed by atoms with Crippen LogP contribution in [0.4, 0.5) is 13.2 Å². The standard InChI is InChI=1S/C21H26F3N3O2.HI/c1-25-20(27-12-19(13-28)18-5-3-2-4-6-18)26-11-16-7-9-17(10-8-16)14-29-15-21(22,23)24;/h2-10,19,28H,11-15H2,1H3,(H2,25,26,27);1H. The molecule has 0 fully saturated rings.